The number of aromatic nitrogens is 1. The number of hydrazone groups is 1. The summed E-state index contributed by atoms with van der Waals surface area (Å²) in [5, 5.41) is 8.17. The summed E-state index contributed by atoms with van der Waals surface area (Å²) in [7, 11) is 0. The maximum absolute atomic E-state index is 11.7. The summed E-state index contributed by atoms with van der Waals surface area (Å²) in [6, 6.07) is 9.90. The first-order valence-electron chi connectivity index (χ1n) is 5.62. The van der Waals surface area contributed by atoms with Gasteiger partial charge in [0.2, 0.25) is 5.13 Å². The Kier molecular flexibility index (Phi) is 2.68. The smallest absolute Gasteiger partial charge is 0.255 e. The second-order valence-electron chi connectivity index (χ2n) is 4.10. The van der Waals surface area contributed by atoms with E-state index in [1.807, 2.05) is 42.6 Å². The van der Waals surface area contributed by atoms with Crippen molar-refractivity contribution in [2.24, 2.45) is 5.10 Å². The zero-order chi connectivity index (χ0) is 12.5. The molecule has 1 aromatic heterocycles. The predicted octanol–water partition coefficient (Wildman–Crippen LogP) is 2.92. The molecule has 0 N–H and O–H groups in total. The van der Waals surface area contributed by atoms with E-state index in [0.717, 1.165) is 17.0 Å². The van der Waals surface area contributed by atoms with Gasteiger partial charge in [-0.2, -0.15) is 10.1 Å². The van der Waals surface area contributed by atoms with Crippen molar-refractivity contribution >= 4 is 28.1 Å². The minimum absolute atomic E-state index is 0.0125. The number of thiazole rings is 1. The molecule has 1 amide bonds. The SMILES string of the molecule is CC1=NN(c2nc(-c3ccccc3)cs2)C(=O)C1. The molecule has 0 aliphatic carbocycles. The number of anilines is 1. The van der Waals surface area contributed by atoms with E-state index in [-0.39, 0.29) is 5.91 Å². The minimum Gasteiger partial charge on any atom is -0.272 e. The summed E-state index contributed by atoms with van der Waals surface area (Å²) in [6.45, 7) is 1.85. The molecule has 0 fully saturated rings. The highest BCUT2D eigenvalue weighted by Crippen LogP contribution is 2.29. The fraction of sp³-hybridized carbons (Fsp3) is 0.154. The van der Waals surface area contributed by atoms with Crippen LogP contribution in [0.25, 0.3) is 11.3 Å². The van der Waals surface area contributed by atoms with Crippen molar-refractivity contribution in [1.82, 2.24) is 4.98 Å². The standard InChI is InChI=1S/C13H11N3OS/c1-9-7-12(17)16(15-9)13-14-11(8-18-13)10-5-3-2-4-6-10/h2-6,8H,7H2,1H3. The van der Waals surface area contributed by atoms with Crippen LogP contribution in [0.3, 0.4) is 0 Å². The van der Waals surface area contributed by atoms with Gasteiger partial charge >= 0.3 is 0 Å². The molecule has 18 heavy (non-hydrogen) atoms. The molecule has 0 unspecified atom stereocenters. The molecule has 5 heteroatoms. The molecule has 0 bridgehead atoms. The third-order valence-corrected chi connectivity index (χ3v) is 3.47. The third kappa shape index (κ3) is 1.93. The molecule has 1 aliphatic rings. The van der Waals surface area contributed by atoms with E-state index >= 15 is 0 Å². The molecule has 4 nitrogen and oxygen atoms in total. The second-order valence-corrected chi connectivity index (χ2v) is 4.94. The first-order chi connectivity index (χ1) is 8.74. The molecular weight excluding hydrogens is 246 g/mol. The summed E-state index contributed by atoms with van der Waals surface area (Å²) in [5.74, 6) is -0.0125. The fourth-order valence-corrected chi connectivity index (χ4v) is 2.61. The van der Waals surface area contributed by atoms with E-state index in [0.29, 0.717) is 11.6 Å². The van der Waals surface area contributed by atoms with Crippen LogP contribution < -0.4 is 5.01 Å². The Hall–Kier alpha value is -2.01. The maximum atomic E-state index is 11.7. The van der Waals surface area contributed by atoms with E-state index in [9.17, 15) is 4.79 Å². The second kappa shape index (κ2) is 4.34. The van der Waals surface area contributed by atoms with Gasteiger partial charge in [0.25, 0.3) is 5.91 Å². The van der Waals surface area contributed by atoms with Crippen molar-refractivity contribution in [2.45, 2.75) is 13.3 Å². The highest BCUT2D eigenvalue weighted by molar-refractivity contribution is 7.14. The number of rotatable bonds is 2. The van der Waals surface area contributed by atoms with Gasteiger partial charge in [-0.1, -0.05) is 30.3 Å². The Labute approximate surface area is 109 Å². The average molecular weight is 257 g/mol. The number of carbonyl (C=O) groups is 1. The highest BCUT2D eigenvalue weighted by atomic mass is 32.1. The number of carbonyl (C=O) groups excluding carboxylic acids is 1. The lowest BCUT2D eigenvalue weighted by Crippen LogP contribution is -2.19. The molecule has 0 saturated heterocycles. The van der Waals surface area contributed by atoms with Crippen molar-refractivity contribution in [3.63, 3.8) is 0 Å². The number of amides is 1. The van der Waals surface area contributed by atoms with E-state index in [4.69, 9.17) is 0 Å². The summed E-state index contributed by atoms with van der Waals surface area (Å²) in [4.78, 5) is 16.2. The Morgan fingerprint density at radius 1 is 1.28 bits per heavy atom. The van der Waals surface area contributed by atoms with Crippen LogP contribution >= 0.6 is 11.3 Å². The van der Waals surface area contributed by atoms with Crippen molar-refractivity contribution in [3.05, 3.63) is 35.7 Å². The average Bonchev–Trinajstić information content (AvgIpc) is 2.97. The van der Waals surface area contributed by atoms with Gasteiger partial charge in [0, 0.05) is 16.7 Å². The third-order valence-electron chi connectivity index (χ3n) is 2.66. The Bertz CT molecular complexity index is 618. The Morgan fingerprint density at radius 2 is 2.06 bits per heavy atom. The van der Waals surface area contributed by atoms with Crippen molar-refractivity contribution in [3.8, 4) is 11.3 Å². The van der Waals surface area contributed by atoms with Crippen molar-refractivity contribution in [1.29, 1.82) is 0 Å². The van der Waals surface area contributed by atoms with E-state index in [1.54, 1.807) is 0 Å². The van der Waals surface area contributed by atoms with Crippen LogP contribution in [-0.4, -0.2) is 16.6 Å². The summed E-state index contributed by atoms with van der Waals surface area (Å²) in [5.41, 5.74) is 2.76. The first-order valence-corrected chi connectivity index (χ1v) is 6.50. The van der Waals surface area contributed by atoms with Crippen LogP contribution in [0.15, 0.2) is 40.8 Å². The summed E-state index contributed by atoms with van der Waals surface area (Å²) in [6.07, 6.45) is 0.389. The molecular formula is C13H11N3OS. The van der Waals surface area contributed by atoms with Crippen LogP contribution in [-0.2, 0) is 4.79 Å². The van der Waals surface area contributed by atoms with Gasteiger partial charge in [0.1, 0.15) is 0 Å². The van der Waals surface area contributed by atoms with Crippen LogP contribution in [0.4, 0.5) is 5.13 Å². The molecule has 0 atom stereocenters. The predicted molar refractivity (Wildman–Crippen MR) is 72.8 cm³/mol. The number of benzene rings is 1. The van der Waals surface area contributed by atoms with Crippen molar-refractivity contribution < 1.29 is 4.79 Å². The van der Waals surface area contributed by atoms with Crippen LogP contribution in [0.2, 0.25) is 0 Å². The molecule has 0 spiro atoms. The molecule has 0 saturated carbocycles. The zero-order valence-electron chi connectivity index (χ0n) is 9.83. The minimum atomic E-state index is -0.0125. The van der Waals surface area contributed by atoms with E-state index in [2.05, 4.69) is 10.1 Å². The lowest BCUT2D eigenvalue weighted by Gasteiger charge is -2.05. The van der Waals surface area contributed by atoms with Crippen LogP contribution in [0, 0.1) is 0 Å². The van der Waals surface area contributed by atoms with Crippen molar-refractivity contribution in [2.75, 3.05) is 5.01 Å². The van der Waals surface area contributed by atoms with Gasteiger partial charge in [-0.25, -0.2) is 4.98 Å². The quantitative estimate of drug-likeness (QED) is 0.830. The topological polar surface area (TPSA) is 45.6 Å². The number of hydrogen-bond acceptors (Lipinski definition) is 4. The van der Waals surface area contributed by atoms with E-state index < -0.39 is 0 Å². The van der Waals surface area contributed by atoms with Gasteiger partial charge < -0.3 is 0 Å². The summed E-state index contributed by atoms with van der Waals surface area (Å²) >= 11 is 1.43. The van der Waals surface area contributed by atoms with Gasteiger partial charge in [-0.05, 0) is 6.92 Å². The van der Waals surface area contributed by atoms with Gasteiger partial charge in [0.05, 0.1) is 12.1 Å². The van der Waals surface area contributed by atoms with Gasteiger partial charge in [-0.15, -0.1) is 11.3 Å². The molecule has 3 rings (SSSR count). The molecule has 2 aromatic rings. The fourth-order valence-electron chi connectivity index (χ4n) is 1.81. The lowest BCUT2D eigenvalue weighted by molar-refractivity contribution is -0.116. The van der Waals surface area contributed by atoms with Crippen LogP contribution in [0.1, 0.15) is 13.3 Å². The van der Waals surface area contributed by atoms with Crippen LogP contribution in [0.5, 0.6) is 0 Å². The monoisotopic (exact) mass is 257 g/mol. The molecule has 1 aliphatic heterocycles. The maximum Gasteiger partial charge on any atom is 0.255 e. The number of nitrogens with zero attached hydrogens (tertiary/aromatic N) is 3. The largest absolute Gasteiger partial charge is 0.272 e. The van der Waals surface area contributed by atoms with Gasteiger partial charge in [0.15, 0.2) is 0 Å². The van der Waals surface area contributed by atoms with E-state index in [1.165, 1.54) is 16.3 Å². The van der Waals surface area contributed by atoms with Gasteiger partial charge in [-0.3, -0.25) is 4.79 Å². The highest BCUT2D eigenvalue weighted by Gasteiger charge is 2.25. The normalized spacial score (nSPS) is 15.1. The molecule has 1 aromatic carbocycles. The first kappa shape index (κ1) is 11.1. The summed E-state index contributed by atoms with van der Waals surface area (Å²) < 4.78 is 0. The lowest BCUT2D eigenvalue weighted by atomic mass is 10.2. The molecule has 90 valence electrons. The zero-order valence-corrected chi connectivity index (χ0v) is 10.6. The molecule has 0 radical (unpaired) electrons. The Morgan fingerprint density at radius 3 is 2.72 bits per heavy atom. The molecule has 2 heterocycles. The number of hydrogen-bond donors (Lipinski definition) is 0. The Balaban J connectivity index is 1.93.